The van der Waals surface area contributed by atoms with E-state index in [1.807, 2.05) is 42.5 Å². The standard InChI is InChI=1S/C24H16N6O2S/c31-20-13-19(23(32)29(20)16-8-2-1-3-9-16)33-24-26-18-11-5-4-10-17(18)22-27-21(28-30(22)24)15-7-6-12-25-14-15/h1-12,14,19H,13H2. The first-order chi connectivity index (χ1) is 16.2. The summed E-state index contributed by atoms with van der Waals surface area (Å²) in [5.41, 5.74) is 2.74. The Labute approximate surface area is 192 Å². The van der Waals surface area contributed by atoms with Crippen molar-refractivity contribution < 1.29 is 9.59 Å². The Balaban J connectivity index is 1.43. The third-order valence-corrected chi connectivity index (χ3v) is 6.56. The van der Waals surface area contributed by atoms with Crippen LogP contribution in [0.25, 0.3) is 27.9 Å². The minimum absolute atomic E-state index is 0.0958. The van der Waals surface area contributed by atoms with Crippen molar-refractivity contribution in [3.63, 3.8) is 0 Å². The predicted molar refractivity (Wildman–Crippen MR) is 125 cm³/mol. The van der Waals surface area contributed by atoms with Gasteiger partial charge >= 0.3 is 0 Å². The van der Waals surface area contributed by atoms with Gasteiger partial charge in [-0.1, -0.05) is 42.1 Å². The van der Waals surface area contributed by atoms with Crippen LogP contribution in [0.2, 0.25) is 0 Å². The molecule has 0 saturated carbocycles. The fraction of sp³-hybridized carbons (Fsp3) is 0.0833. The average Bonchev–Trinajstić information content (AvgIpc) is 3.42. The molecule has 1 fully saturated rings. The Morgan fingerprint density at radius 1 is 0.909 bits per heavy atom. The van der Waals surface area contributed by atoms with E-state index in [9.17, 15) is 9.59 Å². The summed E-state index contributed by atoms with van der Waals surface area (Å²) >= 11 is 1.24. The van der Waals surface area contributed by atoms with E-state index in [1.165, 1.54) is 16.7 Å². The molecule has 2 aromatic carbocycles. The zero-order chi connectivity index (χ0) is 22.4. The maximum Gasteiger partial charge on any atom is 0.247 e. The van der Waals surface area contributed by atoms with Gasteiger partial charge in [0.1, 0.15) is 5.25 Å². The van der Waals surface area contributed by atoms with Crippen LogP contribution in [0.3, 0.4) is 0 Å². The summed E-state index contributed by atoms with van der Waals surface area (Å²) < 4.78 is 1.65. The summed E-state index contributed by atoms with van der Waals surface area (Å²) in [6.45, 7) is 0. The van der Waals surface area contributed by atoms with E-state index in [0.29, 0.717) is 22.3 Å². The first-order valence-corrected chi connectivity index (χ1v) is 11.2. The van der Waals surface area contributed by atoms with Gasteiger partial charge in [-0.25, -0.2) is 14.9 Å². The Morgan fingerprint density at radius 2 is 1.73 bits per heavy atom. The van der Waals surface area contributed by atoms with Gasteiger partial charge in [0.15, 0.2) is 16.6 Å². The normalized spacial score (nSPS) is 16.2. The number of amides is 2. The van der Waals surface area contributed by atoms with Crippen molar-refractivity contribution in [2.45, 2.75) is 16.8 Å². The Morgan fingerprint density at radius 3 is 2.55 bits per heavy atom. The highest BCUT2D eigenvalue weighted by Crippen LogP contribution is 2.34. The minimum atomic E-state index is -0.597. The molecule has 6 rings (SSSR count). The molecular formula is C24H16N6O2S. The van der Waals surface area contributed by atoms with Crippen LogP contribution < -0.4 is 4.90 Å². The number of hydrogen-bond acceptors (Lipinski definition) is 7. The largest absolute Gasteiger partial charge is 0.274 e. The third kappa shape index (κ3) is 3.33. The second-order valence-corrected chi connectivity index (χ2v) is 8.71. The van der Waals surface area contributed by atoms with Gasteiger partial charge in [0.05, 0.1) is 11.2 Å². The van der Waals surface area contributed by atoms with Crippen LogP contribution in [0.15, 0.2) is 84.3 Å². The van der Waals surface area contributed by atoms with Crippen LogP contribution in [0, 0.1) is 0 Å². The number of para-hydroxylation sites is 2. The van der Waals surface area contributed by atoms with E-state index in [-0.39, 0.29) is 18.2 Å². The number of fused-ring (bicyclic) bond motifs is 3. The molecule has 3 aromatic heterocycles. The van der Waals surface area contributed by atoms with Crippen LogP contribution in [-0.2, 0) is 9.59 Å². The number of imide groups is 1. The molecule has 0 N–H and O–H groups in total. The number of thioether (sulfide) groups is 1. The second-order valence-electron chi connectivity index (χ2n) is 7.54. The van der Waals surface area contributed by atoms with Gasteiger partial charge in [-0.2, -0.15) is 4.52 Å². The monoisotopic (exact) mass is 452 g/mol. The molecule has 1 aliphatic rings. The van der Waals surface area contributed by atoms with E-state index in [4.69, 9.17) is 9.97 Å². The van der Waals surface area contributed by atoms with Gasteiger partial charge in [0.2, 0.25) is 11.8 Å². The summed E-state index contributed by atoms with van der Waals surface area (Å²) in [4.78, 5) is 40.7. The van der Waals surface area contributed by atoms with Gasteiger partial charge < -0.3 is 0 Å². The fourth-order valence-corrected chi connectivity index (χ4v) is 4.96. The molecule has 33 heavy (non-hydrogen) atoms. The Bertz CT molecular complexity index is 1520. The van der Waals surface area contributed by atoms with E-state index in [0.717, 1.165) is 16.5 Å². The van der Waals surface area contributed by atoms with Crippen molar-refractivity contribution in [2.24, 2.45) is 0 Å². The number of hydrogen-bond donors (Lipinski definition) is 0. The number of nitrogens with zero attached hydrogens (tertiary/aromatic N) is 6. The Hall–Kier alpha value is -4.11. The quantitative estimate of drug-likeness (QED) is 0.303. The molecule has 0 spiro atoms. The maximum absolute atomic E-state index is 13.2. The number of carbonyl (C=O) groups is 2. The van der Waals surface area contributed by atoms with Crippen molar-refractivity contribution in [1.82, 2.24) is 24.6 Å². The number of anilines is 1. The molecule has 5 aromatic rings. The smallest absolute Gasteiger partial charge is 0.247 e. The fourth-order valence-electron chi connectivity index (χ4n) is 3.90. The van der Waals surface area contributed by atoms with Crippen molar-refractivity contribution in [2.75, 3.05) is 4.90 Å². The van der Waals surface area contributed by atoms with Crippen molar-refractivity contribution >= 4 is 45.8 Å². The first kappa shape index (κ1) is 19.6. The Kier molecular flexibility index (Phi) is 4.62. The molecular weight excluding hydrogens is 436 g/mol. The number of pyridine rings is 1. The SMILES string of the molecule is O=C1CC(Sc2nc3ccccc3c3nc(-c4cccnc4)nn23)C(=O)N1c1ccccc1. The zero-order valence-corrected chi connectivity index (χ0v) is 18.0. The van der Waals surface area contributed by atoms with Crippen molar-refractivity contribution in [3.8, 4) is 11.4 Å². The zero-order valence-electron chi connectivity index (χ0n) is 17.2. The van der Waals surface area contributed by atoms with Gasteiger partial charge in [-0.05, 0) is 36.4 Å². The molecule has 1 unspecified atom stereocenters. The summed E-state index contributed by atoms with van der Waals surface area (Å²) in [5.74, 6) is 0.0325. The highest BCUT2D eigenvalue weighted by Gasteiger charge is 2.41. The average molecular weight is 452 g/mol. The first-order valence-electron chi connectivity index (χ1n) is 10.3. The molecule has 0 aliphatic carbocycles. The maximum atomic E-state index is 13.2. The number of carbonyl (C=O) groups excluding carboxylic acids is 2. The number of aromatic nitrogens is 5. The lowest BCUT2D eigenvalue weighted by atomic mass is 10.2. The molecule has 160 valence electrons. The van der Waals surface area contributed by atoms with Crippen LogP contribution in [0.1, 0.15) is 6.42 Å². The number of benzene rings is 2. The highest BCUT2D eigenvalue weighted by atomic mass is 32.2. The van der Waals surface area contributed by atoms with E-state index >= 15 is 0 Å². The predicted octanol–water partition coefficient (Wildman–Crippen LogP) is 3.76. The molecule has 1 atom stereocenters. The van der Waals surface area contributed by atoms with Gasteiger partial charge in [0.25, 0.3) is 0 Å². The van der Waals surface area contributed by atoms with Crippen LogP contribution >= 0.6 is 11.8 Å². The molecule has 8 nitrogen and oxygen atoms in total. The molecule has 9 heteroatoms. The van der Waals surface area contributed by atoms with E-state index in [1.54, 1.807) is 41.2 Å². The topological polar surface area (TPSA) is 93.3 Å². The lowest BCUT2D eigenvalue weighted by molar-refractivity contribution is -0.121. The van der Waals surface area contributed by atoms with Gasteiger partial charge in [0, 0.05) is 29.8 Å². The summed E-state index contributed by atoms with van der Waals surface area (Å²) in [6.07, 6.45) is 3.49. The van der Waals surface area contributed by atoms with Crippen LogP contribution in [0.4, 0.5) is 5.69 Å². The number of rotatable bonds is 4. The minimum Gasteiger partial charge on any atom is -0.274 e. The summed E-state index contributed by atoms with van der Waals surface area (Å²) in [7, 11) is 0. The molecule has 0 bridgehead atoms. The van der Waals surface area contributed by atoms with Gasteiger partial charge in [-0.15, -0.1) is 5.10 Å². The molecule has 0 radical (unpaired) electrons. The second kappa shape index (κ2) is 7.79. The lowest BCUT2D eigenvalue weighted by Crippen LogP contribution is -2.31. The third-order valence-electron chi connectivity index (χ3n) is 5.44. The molecule has 2 amide bonds. The van der Waals surface area contributed by atoms with Crippen LogP contribution in [-0.4, -0.2) is 41.6 Å². The molecule has 4 heterocycles. The van der Waals surface area contributed by atoms with Crippen LogP contribution in [0.5, 0.6) is 0 Å². The summed E-state index contributed by atoms with van der Waals surface area (Å²) in [6, 6.07) is 20.4. The van der Waals surface area contributed by atoms with E-state index < -0.39 is 5.25 Å². The molecule has 1 saturated heterocycles. The van der Waals surface area contributed by atoms with Crippen molar-refractivity contribution in [3.05, 3.63) is 79.1 Å². The lowest BCUT2D eigenvalue weighted by Gasteiger charge is -2.14. The van der Waals surface area contributed by atoms with Crippen molar-refractivity contribution in [1.29, 1.82) is 0 Å². The van der Waals surface area contributed by atoms with E-state index in [2.05, 4.69) is 10.1 Å². The highest BCUT2D eigenvalue weighted by molar-refractivity contribution is 8.00. The molecule has 1 aliphatic heterocycles. The van der Waals surface area contributed by atoms with Gasteiger partial charge in [-0.3, -0.25) is 14.6 Å². The summed E-state index contributed by atoms with van der Waals surface area (Å²) in [5, 5.41) is 5.43.